The van der Waals surface area contributed by atoms with Crippen LogP contribution < -0.4 is 16.9 Å². The van der Waals surface area contributed by atoms with Gasteiger partial charge in [-0.05, 0) is 23.6 Å². The van der Waals surface area contributed by atoms with E-state index >= 15 is 0 Å². The van der Waals surface area contributed by atoms with Crippen molar-refractivity contribution in [2.24, 2.45) is 0 Å². The molecule has 0 aliphatic heterocycles. The zero-order chi connectivity index (χ0) is 10.3. The molecule has 0 saturated carbocycles. The number of thiophene rings is 1. The highest BCUT2D eigenvalue weighted by molar-refractivity contribution is 7.22. The van der Waals surface area contributed by atoms with Crippen molar-refractivity contribution in [3.8, 4) is 0 Å². The van der Waals surface area contributed by atoms with Crippen molar-refractivity contribution in [3.05, 3.63) is 18.2 Å². The van der Waals surface area contributed by atoms with Gasteiger partial charge in [0.25, 0.3) is 0 Å². The van der Waals surface area contributed by atoms with Crippen molar-refractivity contribution in [3.63, 3.8) is 0 Å². The zero-order valence-electron chi connectivity index (χ0n) is 7.27. The van der Waals surface area contributed by atoms with E-state index in [-0.39, 0.29) is 0 Å². The summed E-state index contributed by atoms with van der Waals surface area (Å²) in [6.07, 6.45) is 0. The molecule has 1 aromatic heterocycles. The van der Waals surface area contributed by atoms with Crippen molar-refractivity contribution in [1.29, 1.82) is 0 Å². The van der Waals surface area contributed by atoms with Gasteiger partial charge in [-0.15, -0.1) is 11.3 Å². The molecule has 0 saturated heterocycles. The van der Waals surface area contributed by atoms with Gasteiger partial charge in [0.2, 0.25) is 0 Å². The third-order valence-corrected chi connectivity index (χ3v) is 2.95. The maximum Gasteiger partial charge on any atom is 0.490 e. The van der Waals surface area contributed by atoms with Crippen LogP contribution >= 0.6 is 11.3 Å². The number of benzene rings is 1. The lowest BCUT2D eigenvalue weighted by Crippen LogP contribution is -2.32. The van der Waals surface area contributed by atoms with E-state index in [1.165, 1.54) is 11.3 Å². The van der Waals surface area contributed by atoms with Crippen LogP contribution in [0.4, 0.5) is 10.7 Å². The Hall–Kier alpha value is -1.24. The van der Waals surface area contributed by atoms with Gasteiger partial charge in [0.15, 0.2) is 0 Å². The number of rotatable bonds is 1. The Bertz CT molecular complexity index is 483. The fourth-order valence-electron chi connectivity index (χ4n) is 1.36. The summed E-state index contributed by atoms with van der Waals surface area (Å²) < 4.78 is 0.903. The average Bonchev–Trinajstić information content (AvgIpc) is 2.42. The Balaban J connectivity index is 2.70. The second-order valence-electron chi connectivity index (χ2n) is 3.04. The molecule has 0 spiro atoms. The van der Waals surface area contributed by atoms with Crippen LogP contribution in [0.25, 0.3) is 10.1 Å². The number of hydrogen-bond donors (Lipinski definition) is 4. The lowest BCUT2D eigenvalue weighted by Gasteiger charge is -2.03. The molecule has 6 heteroatoms. The van der Waals surface area contributed by atoms with Crippen LogP contribution in [0.15, 0.2) is 18.2 Å². The van der Waals surface area contributed by atoms with Crippen LogP contribution in [-0.4, -0.2) is 17.2 Å². The molecule has 1 heterocycles. The Morgan fingerprint density at radius 2 is 1.86 bits per heavy atom. The molecule has 4 nitrogen and oxygen atoms in total. The molecule has 2 aromatic rings. The molecule has 0 radical (unpaired) electrons. The van der Waals surface area contributed by atoms with Gasteiger partial charge in [-0.25, -0.2) is 0 Å². The average molecular weight is 208 g/mol. The second-order valence-corrected chi connectivity index (χ2v) is 4.16. The molecule has 0 unspecified atom stereocenters. The highest BCUT2D eigenvalue weighted by Crippen LogP contribution is 2.27. The predicted molar refractivity (Wildman–Crippen MR) is 60.5 cm³/mol. The molecular formula is C8H9BN2O2S. The second kappa shape index (κ2) is 3.16. The van der Waals surface area contributed by atoms with Crippen LogP contribution in [0.3, 0.4) is 0 Å². The molecule has 0 amide bonds. The first-order chi connectivity index (χ1) is 6.58. The number of nitrogen functional groups attached to an aromatic ring is 2. The van der Waals surface area contributed by atoms with E-state index in [4.69, 9.17) is 21.5 Å². The summed E-state index contributed by atoms with van der Waals surface area (Å²) >= 11 is 1.39. The van der Waals surface area contributed by atoms with Crippen molar-refractivity contribution in [1.82, 2.24) is 0 Å². The highest BCUT2D eigenvalue weighted by Gasteiger charge is 2.16. The number of fused-ring (bicyclic) bond motifs is 1. The SMILES string of the molecule is Nc1cc2cc(N)c(B(O)O)cc2s1. The van der Waals surface area contributed by atoms with Gasteiger partial charge in [0, 0.05) is 15.9 Å². The standard InChI is InChI=1S/C8H9BN2O2S/c10-6-1-4-2-8(11)14-7(4)3-5(6)9(12)13/h1-3,12-13H,10-11H2. The Morgan fingerprint density at radius 1 is 1.14 bits per heavy atom. The van der Waals surface area contributed by atoms with Gasteiger partial charge in [0.1, 0.15) is 0 Å². The molecular weight excluding hydrogens is 199 g/mol. The Labute approximate surface area is 84.9 Å². The van der Waals surface area contributed by atoms with Gasteiger partial charge < -0.3 is 21.5 Å². The molecule has 1 aromatic carbocycles. The molecule has 0 bridgehead atoms. The van der Waals surface area contributed by atoms with Crippen LogP contribution in [0.5, 0.6) is 0 Å². The largest absolute Gasteiger partial charge is 0.490 e. The van der Waals surface area contributed by atoms with Gasteiger partial charge in [-0.1, -0.05) is 0 Å². The van der Waals surface area contributed by atoms with E-state index in [2.05, 4.69) is 0 Å². The van der Waals surface area contributed by atoms with Crippen molar-refractivity contribution in [2.45, 2.75) is 0 Å². The van der Waals surface area contributed by atoms with Gasteiger partial charge in [0.05, 0.1) is 5.00 Å². The van der Waals surface area contributed by atoms with Crippen LogP contribution in [0.2, 0.25) is 0 Å². The third-order valence-electron chi connectivity index (χ3n) is 2.02. The summed E-state index contributed by atoms with van der Waals surface area (Å²) in [6.45, 7) is 0. The van der Waals surface area contributed by atoms with E-state index in [1.54, 1.807) is 12.1 Å². The Kier molecular flexibility index (Phi) is 2.11. The monoisotopic (exact) mass is 208 g/mol. The summed E-state index contributed by atoms with van der Waals surface area (Å²) in [7, 11) is -1.54. The predicted octanol–water partition coefficient (Wildman–Crippen LogP) is -0.254. The van der Waals surface area contributed by atoms with E-state index in [0.29, 0.717) is 16.2 Å². The third kappa shape index (κ3) is 1.43. The Morgan fingerprint density at radius 3 is 2.50 bits per heavy atom. The lowest BCUT2D eigenvalue weighted by atomic mass is 9.79. The maximum atomic E-state index is 9.02. The van der Waals surface area contributed by atoms with E-state index in [9.17, 15) is 0 Å². The fourth-order valence-corrected chi connectivity index (χ4v) is 2.23. The van der Waals surface area contributed by atoms with Gasteiger partial charge >= 0.3 is 7.12 Å². The zero-order valence-corrected chi connectivity index (χ0v) is 8.08. The molecule has 6 N–H and O–H groups in total. The summed E-state index contributed by atoms with van der Waals surface area (Å²) in [5.74, 6) is 0. The van der Waals surface area contributed by atoms with Crippen LogP contribution in [0, 0.1) is 0 Å². The van der Waals surface area contributed by atoms with E-state index in [1.807, 2.05) is 6.07 Å². The molecule has 0 fully saturated rings. The first-order valence-electron chi connectivity index (χ1n) is 4.02. The highest BCUT2D eigenvalue weighted by atomic mass is 32.1. The van der Waals surface area contributed by atoms with Gasteiger partial charge in [-0.3, -0.25) is 0 Å². The summed E-state index contributed by atoms with van der Waals surface area (Å²) in [6, 6.07) is 5.15. The minimum absolute atomic E-state index is 0.319. The van der Waals surface area contributed by atoms with Crippen LogP contribution in [-0.2, 0) is 0 Å². The number of anilines is 2. The smallest absolute Gasteiger partial charge is 0.423 e. The van der Waals surface area contributed by atoms with Crippen molar-refractivity contribution in [2.75, 3.05) is 11.5 Å². The minimum atomic E-state index is -1.54. The number of hydrogen-bond acceptors (Lipinski definition) is 5. The molecule has 0 aliphatic carbocycles. The molecule has 0 atom stereocenters. The number of nitrogens with two attached hydrogens (primary N) is 2. The first-order valence-corrected chi connectivity index (χ1v) is 4.84. The minimum Gasteiger partial charge on any atom is -0.423 e. The van der Waals surface area contributed by atoms with Gasteiger partial charge in [-0.2, -0.15) is 0 Å². The molecule has 72 valence electrons. The topological polar surface area (TPSA) is 92.5 Å². The molecule has 0 aliphatic rings. The molecule has 14 heavy (non-hydrogen) atoms. The normalized spacial score (nSPS) is 10.7. The quantitative estimate of drug-likeness (QED) is 0.384. The summed E-state index contributed by atoms with van der Waals surface area (Å²) in [4.78, 5) is 0. The van der Waals surface area contributed by atoms with E-state index < -0.39 is 7.12 Å². The van der Waals surface area contributed by atoms with Crippen molar-refractivity contribution < 1.29 is 10.0 Å². The summed E-state index contributed by atoms with van der Waals surface area (Å²) in [5, 5.41) is 19.6. The van der Waals surface area contributed by atoms with Crippen LogP contribution in [0.1, 0.15) is 0 Å². The fraction of sp³-hybridized carbons (Fsp3) is 0. The lowest BCUT2D eigenvalue weighted by molar-refractivity contribution is 0.426. The van der Waals surface area contributed by atoms with Crippen molar-refractivity contribution >= 4 is 44.7 Å². The molecule has 2 rings (SSSR count). The maximum absolute atomic E-state index is 9.02. The first kappa shape index (κ1) is 9.33. The summed E-state index contributed by atoms with van der Waals surface area (Å²) in [5.41, 5.74) is 11.9. The van der Waals surface area contributed by atoms with E-state index in [0.717, 1.165) is 10.1 Å².